The van der Waals surface area contributed by atoms with Gasteiger partial charge in [0.05, 0.1) is 12.0 Å². The Morgan fingerprint density at radius 1 is 0.800 bits per heavy atom. The molecule has 1 fully saturated rings. The van der Waals surface area contributed by atoms with Crippen molar-refractivity contribution < 1.29 is 14.6 Å². The van der Waals surface area contributed by atoms with E-state index in [9.17, 15) is 9.90 Å². The summed E-state index contributed by atoms with van der Waals surface area (Å²) in [7, 11) is 0. The molecule has 1 saturated heterocycles. The largest absolute Gasteiger partial charge is 0.462 e. The summed E-state index contributed by atoms with van der Waals surface area (Å²) in [6.45, 7) is 4.43. The van der Waals surface area contributed by atoms with Gasteiger partial charge in [0.25, 0.3) is 0 Å². The number of unbranched alkanes of at least 4 members (excludes halogenated alkanes) is 11. The Balaban J connectivity index is 2.06. The van der Waals surface area contributed by atoms with Gasteiger partial charge in [0, 0.05) is 6.42 Å². The second-order valence-corrected chi connectivity index (χ2v) is 7.93. The molecule has 0 radical (unpaired) electrons. The van der Waals surface area contributed by atoms with Crippen LogP contribution in [0.1, 0.15) is 117 Å². The number of aliphatic hydroxyl groups excluding tert-OH is 1. The van der Waals surface area contributed by atoms with E-state index >= 15 is 0 Å². The highest BCUT2D eigenvalue weighted by Crippen LogP contribution is 2.28. The summed E-state index contributed by atoms with van der Waals surface area (Å²) >= 11 is 0. The van der Waals surface area contributed by atoms with Crippen LogP contribution in [0.4, 0.5) is 0 Å². The minimum atomic E-state index is -0.494. The first-order chi connectivity index (χ1) is 12.2. The topological polar surface area (TPSA) is 46.5 Å². The molecule has 0 aromatic carbocycles. The van der Waals surface area contributed by atoms with Crippen LogP contribution in [-0.2, 0) is 9.53 Å². The average Bonchev–Trinajstić information content (AvgIpc) is 2.59. The van der Waals surface area contributed by atoms with Crippen molar-refractivity contribution >= 4 is 5.97 Å². The molecule has 3 atom stereocenters. The first-order valence-corrected chi connectivity index (χ1v) is 11.1. The van der Waals surface area contributed by atoms with Gasteiger partial charge in [-0.2, -0.15) is 0 Å². The molecule has 1 rings (SSSR count). The summed E-state index contributed by atoms with van der Waals surface area (Å²) in [5.41, 5.74) is 0. The standard InChI is InChI=1S/C22H42O3/c1-3-5-7-9-10-11-12-13-14-16-19-18-21(23)20(22(24)25-19)17-15-8-6-4-2/h19-21,23H,3-18H2,1-2H3/t19-,20+,21+/m0/s1. The molecule has 25 heavy (non-hydrogen) atoms. The number of aliphatic hydroxyl groups is 1. The number of cyclic esters (lactones) is 1. The van der Waals surface area contributed by atoms with E-state index < -0.39 is 6.10 Å². The maximum absolute atomic E-state index is 12.2. The normalized spacial score (nSPS) is 23.6. The Hall–Kier alpha value is -0.570. The van der Waals surface area contributed by atoms with Crippen LogP contribution in [-0.4, -0.2) is 23.3 Å². The van der Waals surface area contributed by atoms with Gasteiger partial charge >= 0.3 is 5.97 Å². The van der Waals surface area contributed by atoms with E-state index in [-0.39, 0.29) is 18.0 Å². The molecule has 0 saturated carbocycles. The van der Waals surface area contributed by atoms with Gasteiger partial charge in [-0.05, 0) is 19.3 Å². The molecule has 0 spiro atoms. The van der Waals surface area contributed by atoms with E-state index in [1.165, 1.54) is 64.2 Å². The molecule has 0 bridgehead atoms. The van der Waals surface area contributed by atoms with Crippen LogP contribution < -0.4 is 0 Å². The fourth-order valence-electron chi connectivity index (χ4n) is 3.85. The molecule has 1 heterocycles. The highest BCUT2D eigenvalue weighted by Gasteiger charge is 2.36. The van der Waals surface area contributed by atoms with E-state index in [2.05, 4.69) is 13.8 Å². The Morgan fingerprint density at radius 3 is 1.84 bits per heavy atom. The van der Waals surface area contributed by atoms with Crippen molar-refractivity contribution in [2.45, 2.75) is 129 Å². The number of hydrogen-bond acceptors (Lipinski definition) is 3. The molecule has 0 amide bonds. The zero-order chi connectivity index (χ0) is 18.3. The number of rotatable bonds is 15. The third-order valence-corrected chi connectivity index (χ3v) is 5.55. The molecule has 3 nitrogen and oxygen atoms in total. The molecule has 0 unspecified atom stereocenters. The van der Waals surface area contributed by atoms with Crippen LogP contribution in [0.2, 0.25) is 0 Å². The van der Waals surface area contributed by atoms with Crippen molar-refractivity contribution in [2.75, 3.05) is 0 Å². The predicted molar refractivity (Wildman–Crippen MR) is 105 cm³/mol. The van der Waals surface area contributed by atoms with Gasteiger partial charge < -0.3 is 9.84 Å². The second kappa shape index (κ2) is 14.6. The maximum atomic E-state index is 12.2. The van der Waals surface area contributed by atoms with Crippen molar-refractivity contribution in [3.63, 3.8) is 0 Å². The number of carbonyl (C=O) groups is 1. The van der Waals surface area contributed by atoms with E-state index in [1.807, 2.05) is 0 Å². The Labute approximate surface area is 155 Å². The Bertz CT molecular complexity index is 329. The average molecular weight is 355 g/mol. The Morgan fingerprint density at radius 2 is 1.28 bits per heavy atom. The lowest BCUT2D eigenvalue weighted by Crippen LogP contribution is -2.41. The summed E-state index contributed by atoms with van der Waals surface area (Å²) in [4.78, 5) is 12.2. The van der Waals surface area contributed by atoms with Crippen molar-refractivity contribution in [1.29, 1.82) is 0 Å². The molecule has 1 N–H and O–H groups in total. The van der Waals surface area contributed by atoms with Gasteiger partial charge in [0.1, 0.15) is 6.10 Å². The summed E-state index contributed by atoms with van der Waals surface area (Å²) in [5, 5.41) is 10.3. The number of esters is 1. The van der Waals surface area contributed by atoms with Gasteiger partial charge in [-0.25, -0.2) is 0 Å². The minimum absolute atomic E-state index is 0.0565. The van der Waals surface area contributed by atoms with Crippen LogP contribution in [0, 0.1) is 5.92 Å². The van der Waals surface area contributed by atoms with Gasteiger partial charge in [-0.15, -0.1) is 0 Å². The lowest BCUT2D eigenvalue weighted by molar-refractivity contribution is -0.170. The van der Waals surface area contributed by atoms with E-state index in [4.69, 9.17) is 4.74 Å². The van der Waals surface area contributed by atoms with Gasteiger partial charge in [0.2, 0.25) is 0 Å². The number of carbonyl (C=O) groups excluding carboxylic acids is 1. The summed E-state index contributed by atoms with van der Waals surface area (Å²) in [6, 6.07) is 0. The Kier molecular flexibility index (Phi) is 13.1. The highest BCUT2D eigenvalue weighted by atomic mass is 16.5. The summed E-state index contributed by atoms with van der Waals surface area (Å²) in [5.74, 6) is -0.438. The molecule has 0 aromatic heterocycles. The first kappa shape index (κ1) is 22.5. The van der Waals surface area contributed by atoms with E-state index in [0.717, 1.165) is 32.1 Å². The van der Waals surface area contributed by atoms with E-state index in [0.29, 0.717) is 6.42 Å². The van der Waals surface area contributed by atoms with Crippen molar-refractivity contribution in [2.24, 2.45) is 5.92 Å². The fraction of sp³-hybridized carbons (Fsp3) is 0.955. The van der Waals surface area contributed by atoms with Crippen LogP contribution in [0.5, 0.6) is 0 Å². The highest BCUT2D eigenvalue weighted by molar-refractivity contribution is 5.74. The van der Waals surface area contributed by atoms with Crippen molar-refractivity contribution in [3.05, 3.63) is 0 Å². The maximum Gasteiger partial charge on any atom is 0.311 e. The minimum Gasteiger partial charge on any atom is -0.462 e. The first-order valence-electron chi connectivity index (χ1n) is 11.1. The quantitative estimate of drug-likeness (QED) is 0.282. The molecule has 3 heteroatoms. The molecule has 1 aliphatic rings. The summed E-state index contributed by atoms with van der Waals surface area (Å²) in [6.07, 6.45) is 18.1. The van der Waals surface area contributed by atoms with E-state index in [1.54, 1.807) is 0 Å². The molecule has 0 aliphatic carbocycles. The van der Waals surface area contributed by atoms with Gasteiger partial charge in [-0.1, -0.05) is 90.9 Å². The molecular formula is C22H42O3. The number of ether oxygens (including phenoxy) is 1. The van der Waals surface area contributed by atoms with Crippen LogP contribution in [0.25, 0.3) is 0 Å². The van der Waals surface area contributed by atoms with Crippen LogP contribution in [0.15, 0.2) is 0 Å². The van der Waals surface area contributed by atoms with Gasteiger partial charge in [0.15, 0.2) is 0 Å². The number of hydrogen-bond donors (Lipinski definition) is 1. The van der Waals surface area contributed by atoms with Crippen LogP contribution >= 0.6 is 0 Å². The summed E-state index contributed by atoms with van der Waals surface area (Å²) < 4.78 is 5.60. The zero-order valence-corrected chi connectivity index (χ0v) is 16.8. The molecule has 148 valence electrons. The predicted octanol–water partition coefficient (Wildman–Crippen LogP) is 6.17. The van der Waals surface area contributed by atoms with Crippen molar-refractivity contribution in [3.8, 4) is 0 Å². The van der Waals surface area contributed by atoms with Crippen LogP contribution in [0.3, 0.4) is 0 Å². The van der Waals surface area contributed by atoms with Gasteiger partial charge in [-0.3, -0.25) is 4.79 Å². The molecule has 0 aromatic rings. The molecular weight excluding hydrogens is 312 g/mol. The zero-order valence-electron chi connectivity index (χ0n) is 16.8. The monoisotopic (exact) mass is 354 g/mol. The third kappa shape index (κ3) is 10.2. The lowest BCUT2D eigenvalue weighted by atomic mass is 9.88. The lowest BCUT2D eigenvalue weighted by Gasteiger charge is -2.32. The molecule has 1 aliphatic heterocycles. The smallest absolute Gasteiger partial charge is 0.311 e. The SMILES string of the molecule is CCCCCCCCCCC[C@H]1C[C@@H](O)[C@@H](CCCCCC)C(=O)O1. The van der Waals surface area contributed by atoms with Crippen molar-refractivity contribution in [1.82, 2.24) is 0 Å². The fourth-order valence-corrected chi connectivity index (χ4v) is 3.85. The second-order valence-electron chi connectivity index (χ2n) is 7.93. The third-order valence-electron chi connectivity index (χ3n) is 5.55.